The molecule has 23 heavy (non-hydrogen) atoms. The van der Waals surface area contributed by atoms with E-state index in [2.05, 4.69) is 16.8 Å². The number of rotatable bonds is 3. The summed E-state index contributed by atoms with van der Waals surface area (Å²) in [7, 11) is 0. The largest absolute Gasteiger partial charge is 0.462 e. The van der Waals surface area contributed by atoms with Crippen LogP contribution in [-0.4, -0.2) is 17.6 Å². The quantitative estimate of drug-likeness (QED) is 0.628. The number of ether oxygens (including phenoxy) is 1. The van der Waals surface area contributed by atoms with Gasteiger partial charge in [0.05, 0.1) is 23.4 Å². The van der Waals surface area contributed by atoms with E-state index in [1.165, 1.54) is 48.8 Å². The monoisotopic (exact) mass is 329 g/mol. The second-order valence-electron chi connectivity index (χ2n) is 5.37. The molecule has 1 aliphatic rings. The molecule has 2 aromatic rings. The van der Waals surface area contributed by atoms with Gasteiger partial charge in [-0.25, -0.2) is 14.2 Å². The van der Waals surface area contributed by atoms with Crippen LogP contribution in [0.4, 0.5) is 4.39 Å². The van der Waals surface area contributed by atoms with E-state index in [1.54, 1.807) is 6.92 Å². The normalized spacial score (nSPS) is 13.8. The summed E-state index contributed by atoms with van der Waals surface area (Å²) in [5.74, 6) is 5.29. The number of hydrogen-bond donors (Lipinski definition) is 0. The van der Waals surface area contributed by atoms with E-state index in [4.69, 9.17) is 4.74 Å². The number of thiazole rings is 1. The molecule has 0 radical (unpaired) electrons. The van der Waals surface area contributed by atoms with Crippen LogP contribution in [0.3, 0.4) is 0 Å². The molecule has 118 valence electrons. The highest BCUT2D eigenvalue weighted by Crippen LogP contribution is 2.36. The summed E-state index contributed by atoms with van der Waals surface area (Å²) >= 11 is 1.47. The predicted octanol–water partition coefficient (Wildman–Crippen LogP) is 4.13. The van der Waals surface area contributed by atoms with Crippen molar-refractivity contribution in [3.63, 3.8) is 0 Å². The van der Waals surface area contributed by atoms with Gasteiger partial charge >= 0.3 is 5.97 Å². The lowest BCUT2D eigenvalue weighted by Gasteiger charge is -2.22. The molecule has 5 heteroatoms. The first-order chi connectivity index (χ1) is 11.2. The van der Waals surface area contributed by atoms with Crippen LogP contribution < -0.4 is 0 Å². The van der Waals surface area contributed by atoms with Gasteiger partial charge in [0.25, 0.3) is 0 Å². The number of aromatic nitrogens is 1. The summed E-state index contributed by atoms with van der Waals surface area (Å²) in [5, 5.41) is 2.70. The lowest BCUT2D eigenvalue weighted by Crippen LogP contribution is -2.08. The van der Waals surface area contributed by atoms with Crippen molar-refractivity contribution in [2.75, 3.05) is 6.61 Å². The van der Waals surface area contributed by atoms with Gasteiger partial charge in [-0.05, 0) is 43.9 Å². The maximum atomic E-state index is 13.8. The van der Waals surface area contributed by atoms with Gasteiger partial charge in [-0.1, -0.05) is 12.3 Å². The number of carbonyl (C=O) groups is 1. The van der Waals surface area contributed by atoms with Crippen LogP contribution in [0.25, 0.3) is 0 Å². The van der Waals surface area contributed by atoms with Crippen molar-refractivity contribution >= 4 is 17.3 Å². The first-order valence-corrected chi connectivity index (χ1v) is 8.49. The molecule has 1 aromatic heterocycles. The van der Waals surface area contributed by atoms with Gasteiger partial charge in [-0.2, -0.15) is 0 Å². The molecule has 1 heterocycles. The zero-order valence-electron chi connectivity index (χ0n) is 12.8. The fourth-order valence-corrected chi connectivity index (χ4v) is 3.06. The molecule has 0 spiro atoms. The molecule has 0 atom stereocenters. The Morgan fingerprint density at radius 2 is 2.26 bits per heavy atom. The molecule has 0 N–H and O–H groups in total. The molecule has 1 aromatic carbocycles. The molecule has 0 unspecified atom stereocenters. The Morgan fingerprint density at radius 3 is 2.96 bits per heavy atom. The topological polar surface area (TPSA) is 39.2 Å². The third kappa shape index (κ3) is 3.59. The number of benzene rings is 1. The lowest BCUT2D eigenvalue weighted by molar-refractivity contribution is 0.0526. The second kappa shape index (κ2) is 6.93. The Morgan fingerprint density at radius 1 is 1.43 bits per heavy atom. The standard InChI is InChI=1S/C18H16FNO2S/c1-2-22-18(21)14-6-8-15(19)13(10-14)7-9-17-20-16(11-23-17)12-4-3-5-12/h6,8,10-12H,2-5H2,1H3. The molecular formula is C18H16FNO2S. The molecule has 3 nitrogen and oxygen atoms in total. The Hall–Kier alpha value is -2.19. The summed E-state index contributed by atoms with van der Waals surface area (Å²) in [5.41, 5.74) is 1.56. The predicted molar refractivity (Wildman–Crippen MR) is 87.0 cm³/mol. The molecule has 0 bridgehead atoms. The zero-order valence-corrected chi connectivity index (χ0v) is 13.6. The van der Waals surface area contributed by atoms with Crippen LogP contribution >= 0.6 is 11.3 Å². The average molecular weight is 329 g/mol. The summed E-state index contributed by atoms with van der Waals surface area (Å²) < 4.78 is 18.8. The van der Waals surface area contributed by atoms with Gasteiger partial charge in [0, 0.05) is 11.3 Å². The van der Waals surface area contributed by atoms with E-state index in [9.17, 15) is 9.18 Å². The maximum absolute atomic E-state index is 13.8. The van der Waals surface area contributed by atoms with Crippen molar-refractivity contribution in [2.24, 2.45) is 0 Å². The Bertz CT molecular complexity index is 784. The highest BCUT2D eigenvalue weighted by molar-refractivity contribution is 7.10. The fraction of sp³-hybridized carbons (Fsp3) is 0.333. The molecule has 0 aliphatic heterocycles. The van der Waals surface area contributed by atoms with Crippen LogP contribution in [0.1, 0.15) is 58.7 Å². The smallest absolute Gasteiger partial charge is 0.338 e. The number of halogens is 1. The van der Waals surface area contributed by atoms with E-state index in [0.717, 1.165) is 5.69 Å². The SMILES string of the molecule is CCOC(=O)c1ccc(F)c(C#Cc2nc(C3CCC3)cs2)c1. The van der Waals surface area contributed by atoms with Gasteiger partial charge in [-0.3, -0.25) is 0 Å². The molecule has 0 amide bonds. The highest BCUT2D eigenvalue weighted by atomic mass is 32.1. The number of nitrogens with zero attached hydrogens (tertiary/aromatic N) is 1. The van der Waals surface area contributed by atoms with Crippen LogP contribution in [-0.2, 0) is 4.74 Å². The van der Waals surface area contributed by atoms with Crippen LogP contribution in [0.5, 0.6) is 0 Å². The molecule has 0 saturated heterocycles. The Balaban J connectivity index is 1.80. The van der Waals surface area contributed by atoms with Crippen LogP contribution in [0.2, 0.25) is 0 Å². The number of carbonyl (C=O) groups excluding carboxylic acids is 1. The third-order valence-corrected chi connectivity index (χ3v) is 4.60. The van der Waals surface area contributed by atoms with Crippen molar-refractivity contribution < 1.29 is 13.9 Å². The summed E-state index contributed by atoms with van der Waals surface area (Å²) in [6, 6.07) is 4.05. The first kappa shape index (κ1) is 15.7. The number of esters is 1. The van der Waals surface area contributed by atoms with Crippen molar-refractivity contribution in [1.29, 1.82) is 0 Å². The molecule has 1 fully saturated rings. The Labute approximate surface area is 138 Å². The molecule has 3 rings (SSSR count). The summed E-state index contributed by atoms with van der Waals surface area (Å²) in [6.07, 6.45) is 3.63. The summed E-state index contributed by atoms with van der Waals surface area (Å²) in [4.78, 5) is 16.2. The van der Waals surface area contributed by atoms with Crippen LogP contribution in [0.15, 0.2) is 23.6 Å². The van der Waals surface area contributed by atoms with E-state index < -0.39 is 11.8 Å². The lowest BCUT2D eigenvalue weighted by atomic mass is 9.83. The minimum atomic E-state index is -0.475. The fourth-order valence-electron chi connectivity index (χ4n) is 2.32. The van der Waals surface area contributed by atoms with Crippen molar-refractivity contribution in [1.82, 2.24) is 4.98 Å². The van der Waals surface area contributed by atoms with E-state index >= 15 is 0 Å². The van der Waals surface area contributed by atoms with Gasteiger partial charge in [0.15, 0.2) is 5.01 Å². The average Bonchev–Trinajstić information content (AvgIpc) is 2.93. The van der Waals surface area contributed by atoms with Crippen molar-refractivity contribution in [3.05, 3.63) is 51.2 Å². The van der Waals surface area contributed by atoms with E-state index in [0.29, 0.717) is 16.5 Å². The number of hydrogen-bond acceptors (Lipinski definition) is 4. The maximum Gasteiger partial charge on any atom is 0.338 e. The first-order valence-electron chi connectivity index (χ1n) is 7.61. The van der Waals surface area contributed by atoms with E-state index in [1.807, 2.05) is 5.38 Å². The second-order valence-corrected chi connectivity index (χ2v) is 6.23. The zero-order chi connectivity index (χ0) is 16.2. The van der Waals surface area contributed by atoms with Crippen molar-refractivity contribution in [2.45, 2.75) is 32.1 Å². The Kier molecular flexibility index (Phi) is 4.73. The van der Waals surface area contributed by atoms with Gasteiger partial charge in [-0.15, -0.1) is 11.3 Å². The third-order valence-electron chi connectivity index (χ3n) is 3.83. The minimum Gasteiger partial charge on any atom is -0.462 e. The highest BCUT2D eigenvalue weighted by Gasteiger charge is 2.21. The van der Waals surface area contributed by atoms with Gasteiger partial charge in [0.2, 0.25) is 0 Å². The molecule has 1 saturated carbocycles. The van der Waals surface area contributed by atoms with Crippen molar-refractivity contribution in [3.8, 4) is 11.8 Å². The van der Waals surface area contributed by atoms with Crippen LogP contribution in [0, 0.1) is 17.7 Å². The minimum absolute atomic E-state index is 0.177. The molecule has 1 aliphatic carbocycles. The molecular weight excluding hydrogens is 313 g/mol. The summed E-state index contributed by atoms with van der Waals surface area (Å²) in [6.45, 7) is 2.00. The van der Waals surface area contributed by atoms with Gasteiger partial charge < -0.3 is 4.74 Å². The van der Waals surface area contributed by atoms with Gasteiger partial charge in [0.1, 0.15) is 5.82 Å². The van der Waals surface area contributed by atoms with E-state index in [-0.39, 0.29) is 12.2 Å².